The highest BCUT2D eigenvalue weighted by atomic mass is 32.2. The van der Waals surface area contributed by atoms with Crippen LogP contribution in [0.25, 0.3) is 11.0 Å². The SMILES string of the molecule is Cn1c(=O)n(C)c2cc(N3CCOCC3)c(NS(=O)(=O)c3ccccc3F)cc21. The number of ether oxygens (including phenoxy) is 1. The Labute approximate surface area is 167 Å². The molecule has 0 amide bonds. The van der Waals surface area contributed by atoms with E-state index in [0.29, 0.717) is 43.0 Å². The Morgan fingerprint density at radius 2 is 1.66 bits per heavy atom. The van der Waals surface area contributed by atoms with Gasteiger partial charge in [0.2, 0.25) is 0 Å². The summed E-state index contributed by atoms with van der Waals surface area (Å²) in [7, 11) is -0.884. The molecule has 1 aliphatic heterocycles. The van der Waals surface area contributed by atoms with E-state index >= 15 is 0 Å². The van der Waals surface area contributed by atoms with E-state index in [2.05, 4.69) is 4.72 Å². The number of benzene rings is 2. The summed E-state index contributed by atoms with van der Waals surface area (Å²) in [6.07, 6.45) is 0. The molecule has 1 N–H and O–H groups in total. The average Bonchev–Trinajstić information content (AvgIpc) is 2.92. The monoisotopic (exact) mass is 420 g/mol. The van der Waals surface area contributed by atoms with E-state index in [1.807, 2.05) is 4.90 Å². The number of hydrogen-bond acceptors (Lipinski definition) is 5. The summed E-state index contributed by atoms with van der Waals surface area (Å²) in [5.41, 5.74) is 1.92. The van der Waals surface area contributed by atoms with Gasteiger partial charge in [-0.3, -0.25) is 13.9 Å². The Balaban J connectivity index is 1.88. The summed E-state index contributed by atoms with van der Waals surface area (Å²) in [5.74, 6) is -0.832. The molecule has 0 atom stereocenters. The lowest BCUT2D eigenvalue weighted by atomic mass is 10.2. The van der Waals surface area contributed by atoms with Crippen LogP contribution in [-0.2, 0) is 28.9 Å². The van der Waals surface area contributed by atoms with Gasteiger partial charge in [0.05, 0.1) is 35.6 Å². The summed E-state index contributed by atoms with van der Waals surface area (Å²) in [4.78, 5) is 13.9. The molecule has 10 heteroatoms. The lowest BCUT2D eigenvalue weighted by Gasteiger charge is -2.30. The molecule has 3 aromatic rings. The van der Waals surface area contributed by atoms with Crippen molar-refractivity contribution in [3.05, 3.63) is 52.7 Å². The number of aryl methyl sites for hydroxylation is 2. The molecule has 29 heavy (non-hydrogen) atoms. The minimum absolute atomic E-state index is 0.220. The van der Waals surface area contributed by atoms with Crippen LogP contribution in [0.4, 0.5) is 15.8 Å². The summed E-state index contributed by atoms with van der Waals surface area (Å²) >= 11 is 0. The fourth-order valence-electron chi connectivity index (χ4n) is 3.54. The second-order valence-electron chi connectivity index (χ2n) is 6.89. The molecular weight excluding hydrogens is 399 g/mol. The van der Waals surface area contributed by atoms with Gasteiger partial charge in [-0.2, -0.15) is 0 Å². The third-order valence-electron chi connectivity index (χ3n) is 5.11. The van der Waals surface area contributed by atoms with E-state index in [0.717, 1.165) is 6.07 Å². The highest BCUT2D eigenvalue weighted by Crippen LogP contribution is 2.33. The number of rotatable bonds is 4. The predicted molar refractivity (Wildman–Crippen MR) is 108 cm³/mol. The van der Waals surface area contributed by atoms with Gasteiger partial charge in [0.15, 0.2) is 0 Å². The number of aromatic nitrogens is 2. The van der Waals surface area contributed by atoms with Crippen molar-refractivity contribution < 1.29 is 17.5 Å². The van der Waals surface area contributed by atoms with Crippen molar-refractivity contribution >= 4 is 32.4 Å². The van der Waals surface area contributed by atoms with Crippen LogP contribution in [0.1, 0.15) is 0 Å². The smallest absolute Gasteiger partial charge is 0.328 e. The number of nitrogens with one attached hydrogen (secondary N) is 1. The maximum absolute atomic E-state index is 14.1. The molecule has 1 aliphatic rings. The molecular formula is C19H21FN4O4S. The zero-order chi connectivity index (χ0) is 20.8. The maximum Gasteiger partial charge on any atom is 0.328 e. The number of hydrogen-bond donors (Lipinski definition) is 1. The van der Waals surface area contributed by atoms with E-state index in [1.54, 1.807) is 26.2 Å². The Morgan fingerprint density at radius 1 is 1.03 bits per heavy atom. The van der Waals surface area contributed by atoms with Gasteiger partial charge in [0, 0.05) is 27.2 Å². The van der Waals surface area contributed by atoms with Crippen LogP contribution in [0, 0.1) is 5.82 Å². The zero-order valence-electron chi connectivity index (χ0n) is 16.1. The quantitative estimate of drug-likeness (QED) is 0.694. The third kappa shape index (κ3) is 3.38. The van der Waals surface area contributed by atoms with Crippen molar-refractivity contribution in [2.45, 2.75) is 4.90 Å². The average molecular weight is 420 g/mol. The third-order valence-corrected chi connectivity index (χ3v) is 6.51. The molecule has 0 aliphatic carbocycles. The van der Waals surface area contributed by atoms with Crippen molar-refractivity contribution in [3.8, 4) is 0 Å². The van der Waals surface area contributed by atoms with Gasteiger partial charge in [0.25, 0.3) is 10.0 Å². The lowest BCUT2D eigenvalue weighted by Crippen LogP contribution is -2.36. The molecule has 1 aromatic heterocycles. The fourth-order valence-corrected chi connectivity index (χ4v) is 4.69. The minimum Gasteiger partial charge on any atom is -0.378 e. The normalized spacial score (nSPS) is 15.1. The van der Waals surface area contributed by atoms with Crippen molar-refractivity contribution in [2.75, 3.05) is 35.9 Å². The van der Waals surface area contributed by atoms with Gasteiger partial charge in [-0.25, -0.2) is 17.6 Å². The molecule has 2 heterocycles. The van der Waals surface area contributed by atoms with E-state index in [9.17, 15) is 17.6 Å². The highest BCUT2D eigenvalue weighted by molar-refractivity contribution is 7.92. The molecule has 0 radical (unpaired) electrons. The summed E-state index contributed by atoms with van der Waals surface area (Å²) in [6.45, 7) is 2.15. The van der Waals surface area contributed by atoms with Gasteiger partial charge >= 0.3 is 5.69 Å². The molecule has 4 rings (SSSR count). The van der Waals surface area contributed by atoms with Gasteiger partial charge in [-0.05, 0) is 24.3 Å². The van der Waals surface area contributed by atoms with Crippen LogP contribution in [0.15, 0.2) is 46.1 Å². The number of imidazole rings is 1. The largest absolute Gasteiger partial charge is 0.378 e. The molecule has 0 unspecified atom stereocenters. The van der Waals surface area contributed by atoms with Crippen LogP contribution in [0.5, 0.6) is 0 Å². The topological polar surface area (TPSA) is 85.6 Å². The maximum atomic E-state index is 14.1. The predicted octanol–water partition coefficient (Wildman–Crippen LogP) is 1.65. The second-order valence-corrected chi connectivity index (χ2v) is 8.54. The van der Waals surface area contributed by atoms with Crippen LogP contribution < -0.4 is 15.3 Å². The first-order valence-electron chi connectivity index (χ1n) is 9.09. The zero-order valence-corrected chi connectivity index (χ0v) is 16.9. The van der Waals surface area contributed by atoms with Crippen LogP contribution in [0.2, 0.25) is 0 Å². The number of anilines is 2. The molecule has 154 valence electrons. The second kappa shape index (κ2) is 7.20. The molecule has 0 bridgehead atoms. The summed E-state index contributed by atoms with van der Waals surface area (Å²) < 4.78 is 50.7. The van der Waals surface area contributed by atoms with Crippen LogP contribution >= 0.6 is 0 Å². The Kier molecular flexibility index (Phi) is 4.83. The van der Waals surface area contributed by atoms with Gasteiger partial charge in [-0.1, -0.05) is 12.1 Å². The fraction of sp³-hybridized carbons (Fsp3) is 0.316. The van der Waals surface area contributed by atoms with Gasteiger partial charge in [-0.15, -0.1) is 0 Å². The summed E-state index contributed by atoms with van der Waals surface area (Å²) in [5, 5.41) is 0. The van der Waals surface area contributed by atoms with Crippen molar-refractivity contribution in [1.29, 1.82) is 0 Å². The number of halogens is 1. The van der Waals surface area contributed by atoms with E-state index in [4.69, 9.17) is 4.74 Å². The van der Waals surface area contributed by atoms with Gasteiger partial charge in [0.1, 0.15) is 10.7 Å². The number of nitrogens with zero attached hydrogens (tertiary/aromatic N) is 3. The molecule has 2 aromatic carbocycles. The number of morpholine rings is 1. The molecule has 1 saturated heterocycles. The van der Waals surface area contributed by atoms with Crippen molar-refractivity contribution in [1.82, 2.24) is 9.13 Å². The van der Waals surface area contributed by atoms with Crippen molar-refractivity contribution in [2.24, 2.45) is 14.1 Å². The Hall–Kier alpha value is -2.85. The molecule has 1 fully saturated rings. The van der Waals surface area contributed by atoms with E-state index < -0.39 is 20.7 Å². The molecule has 0 spiro atoms. The standard InChI is InChI=1S/C19H21FN4O4S/c1-22-16-11-14(21-29(26,27)18-6-4-3-5-13(18)20)15(24-7-9-28-10-8-24)12-17(16)23(2)19(22)25/h3-6,11-12,21H,7-10H2,1-2H3. The van der Waals surface area contributed by atoms with Crippen LogP contribution in [-0.4, -0.2) is 43.9 Å². The first kappa shape index (κ1) is 19.5. The Morgan fingerprint density at radius 3 is 2.31 bits per heavy atom. The summed E-state index contributed by atoms with van der Waals surface area (Å²) in [6, 6.07) is 8.59. The van der Waals surface area contributed by atoms with E-state index in [1.165, 1.54) is 27.3 Å². The minimum atomic E-state index is -4.17. The lowest BCUT2D eigenvalue weighted by molar-refractivity contribution is 0.123. The van der Waals surface area contributed by atoms with Crippen LogP contribution in [0.3, 0.4) is 0 Å². The van der Waals surface area contributed by atoms with Gasteiger partial charge < -0.3 is 9.64 Å². The first-order chi connectivity index (χ1) is 13.8. The number of fused-ring (bicyclic) bond motifs is 1. The first-order valence-corrected chi connectivity index (χ1v) is 10.6. The Bertz CT molecular complexity index is 1240. The van der Waals surface area contributed by atoms with Crippen molar-refractivity contribution in [3.63, 3.8) is 0 Å². The number of sulfonamides is 1. The molecule has 8 nitrogen and oxygen atoms in total. The van der Waals surface area contributed by atoms with E-state index in [-0.39, 0.29) is 11.4 Å². The highest BCUT2D eigenvalue weighted by Gasteiger charge is 2.24. The molecule has 0 saturated carbocycles.